The molecule has 29 heavy (non-hydrogen) atoms. The van der Waals surface area contributed by atoms with Gasteiger partial charge in [0.1, 0.15) is 10.5 Å². The molecule has 3 aromatic rings. The van der Waals surface area contributed by atoms with Crippen molar-refractivity contribution in [3.63, 3.8) is 0 Å². The molecular formula is C21H25N5O2S. The number of urea groups is 1. The molecular weight excluding hydrogens is 386 g/mol. The lowest BCUT2D eigenvalue weighted by atomic mass is 10.1. The summed E-state index contributed by atoms with van der Waals surface area (Å²) in [6.45, 7) is 4.00. The van der Waals surface area contributed by atoms with Gasteiger partial charge in [-0.1, -0.05) is 24.3 Å². The summed E-state index contributed by atoms with van der Waals surface area (Å²) in [5.41, 5.74) is 2.86. The molecule has 0 radical (unpaired) electrons. The van der Waals surface area contributed by atoms with Crippen LogP contribution >= 0.6 is 11.3 Å². The van der Waals surface area contributed by atoms with Crippen molar-refractivity contribution in [1.82, 2.24) is 25.1 Å². The monoisotopic (exact) mass is 411 g/mol. The second-order valence-electron chi connectivity index (χ2n) is 7.47. The number of aromatic nitrogens is 2. The van der Waals surface area contributed by atoms with Crippen LogP contribution in [0, 0.1) is 0 Å². The maximum atomic E-state index is 12.5. The van der Waals surface area contributed by atoms with Crippen molar-refractivity contribution in [3.05, 3.63) is 63.0 Å². The highest BCUT2D eigenvalue weighted by atomic mass is 32.1. The molecule has 2 aromatic heterocycles. The van der Waals surface area contributed by atoms with Crippen molar-refractivity contribution >= 4 is 27.6 Å². The van der Waals surface area contributed by atoms with Crippen LogP contribution in [0.2, 0.25) is 0 Å². The standard InChI is InChI=1S/C21H25N5O2S/c1-25(14-18-23-17-7-10-29-19(17)20(27)24-18)21(28)22-12-15-5-4-6-16(11-15)13-26-8-2-3-9-26/h4-7,10-11H,2-3,8-9,12-14H2,1H3,(H,22,28)(H,23,24,27). The van der Waals surface area contributed by atoms with Crippen LogP contribution in [0.4, 0.5) is 4.79 Å². The Balaban J connectivity index is 1.33. The van der Waals surface area contributed by atoms with Gasteiger partial charge in [-0.3, -0.25) is 9.69 Å². The first-order valence-electron chi connectivity index (χ1n) is 9.84. The molecule has 1 aromatic carbocycles. The lowest BCUT2D eigenvalue weighted by molar-refractivity contribution is 0.205. The molecule has 0 saturated carbocycles. The van der Waals surface area contributed by atoms with Gasteiger partial charge in [-0.15, -0.1) is 11.3 Å². The smallest absolute Gasteiger partial charge is 0.317 e. The highest BCUT2D eigenvalue weighted by molar-refractivity contribution is 7.17. The maximum absolute atomic E-state index is 12.5. The van der Waals surface area contributed by atoms with Gasteiger partial charge >= 0.3 is 6.03 Å². The van der Waals surface area contributed by atoms with Crippen LogP contribution in [0.25, 0.3) is 10.2 Å². The number of aromatic amines is 1. The largest absolute Gasteiger partial charge is 0.334 e. The van der Waals surface area contributed by atoms with E-state index in [1.54, 1.807) is 7.05 Å². The van der Waals surface area contributed by atoms with E-state index in [2.05, 4.69) is 32.3 Å². The highest BCUT2D eigenvalue weighted by Crippen LogP contribution is 2.15. The number of hydrogen-bond acceptors (Lipinski definition) is 5. The summed E-state index contributed by atoms with van der Waals surface area (Å²) in [5.74, 6) is 0.478. The first-order chi connectivity index (χ1) is 14.1. The Bertz CT molecular complexity index is 1050. The minimum absolute atomic E-state index is 0.163. The van der Waals surface area contributed by atoms with E-state index in [-0.39, 0.29) is 18.1 Å². The zero-order valence-electron chi connectivity index (χ0n) is 16.5. The van der Waals surface area contributed by atoms with E-state index in [1.165, 1.54) is 47.7 Å². The fourth-order valence-electron chi connectivity index (χ4n) is 3.64. The Labute approximate surface area is 173 Å². The number of H-pyrrole nitrogens is 1. The van der Waals surface area contributed by atoms with E-state index >= 15 is 0 Å². The Hall–Kier alpha value is -2.71. The predicted molar refractivity (Wildman–Crippen MR) is 115 cm³/mol. The van der Waals surface area contributed by atoms with Crippen LogP contribution in [-0.2, 0) is 19.6 Å². The molecule has 0 unspecified atom stereocenters. The molecule has 0 spiro atoms. The maximum Gasteiger partial charge on any atom is 0.317 e. The molecule has 0 atom stereocenters. The van der Waals surface area contributed by atoms with Gasteiger partial charge in [-0.25, -0.2) is 9.78 Å². The summed E-state index contributed by atoms with van der Waals surface area (Å²) < 4.78 is 0.606. The summed E-state index contributed by atoms with van der Waals surface area (Å²) in [6, 6.07) is 9.97. The number of hydrogen-bond donors (Lipinski definition) is 2. The van der Waals surface area contributed by atoms with Gasteiger partial charge in [-0.05, 0) is 48.5 Å². The Kier molecular flexibility index (Phi) is 5.92. The Morgan fingerprint density at radius 3 is 2.90 bits per heavy atom. The molecule has 0 bridgehead atoms. The second kappa shape index (κ2) is 8.75. The number of carbonyl (C=O) groups excluding carboxylic acids is 1. The molecule has 1 aliphatic rings. The fraction of sp³-hybridized carbons (Fsp3) is 0.381. The third-order valence-corrected chi connectivity index (χ3v) is 6.04. The molecule has 1 aliphatic heterocycles. The van der Waals surface area contributed by atoms with Crippen LogP contribution in [-0.4, -0.2) is 45.9 Å². The first kappa shape index (κ1) is 19.6. The van der Waals surface area contributed by atoms with E-state index in [4.69, 9.17) is 0 Å². The van der Waals surface area contributed by atoms with Gasteiger partial charge < -0.3 is 15.2 Å². The lowest BCUT2D eigenvalue weighted by Crippen LogP contribution is -2.37. The van der Waals surface area contributed by atoms with Gasteiger partial charge in [-0.2, -0.15) is 0 Å². The van der Waals surface area contributed by atoms with Crippen molar-refractivity contribution in [2.24, 2.45) is 0 Å². The summed E-state index contributed by atoms with van der Waals surface area (Å²) in [5, 5.41) is 4.78. The van der Waals surface area contributed by atoms with Crippen molar-refractivity contribution in [2.45, 2.75) is 32.5 Å². The van der Waals surface area contributed by atoms with Gasteiger partial charge in [0.05, 0.1) is 12.1 Å². The average Bonchev–Trinajstić information content (AvgIpc) is 3.38. The molecule has 1 fully saturated rings. The van der Waals surface area contributed by atoms with Crippen LogP contribution in [0.5, 0.6) is 0 Å². The number of nitrogens with zero attached hydrogens (tertiary/aromatic N) is 3. The zero-order valence-corrected chi connectivity index (χ0v) is 17.3. The van der Waals surface area contributed by atoms with Crippen molar-refractivity contribution in [1.29, 1.82) is 0 Å². The minimum atomic E-state index is -0.206. The number of fused-ring (bicyclic) bond motifs is 1. The van der Waals surface area contributed by atoms with E-state index in [0.29, 0.717) is 22.6 Å². The fourth-order valence-corrected chi connectivity index (χ4v) is 4.37. The summed E-state index contributed by atoms with van der Waals surface area (Å²) in [7, 11) is 1.69. The van der Waals surface area contributed by atoms with Crippen molar-refractivity contribution in [3.8, 4) is 0 Å². The van der Waals surface area contributed by atoms with Gasteiger partial charge in [0.15, 0.2) is 0 Å². The summed E-state index contributed by atoms with van der Waals surface area (Å²) in [6.07, 6.45) is 2.56. The Morgan fingerprint density at radius 2 is 2.07 bits per heavy atom. The molecule has 2 amide bonds. The number of nitrogens with one attached hydrogen (secondary N) is 2. The average molecular weight is 412 g/mol. The van der Waals surface area contributed by atoms with Crippen LogP contribution in [0.15, 0.2) is 40.5 Å². The minimum Gasteiger partial charge on any atom is -0.334 e. The van der Waals surface area contributed by atoms with Gasteiger partial charge in [0.2, 0.25) is 0 Å². The number of rotatable bonds is 6. The number of amides is 2. The van der Waals surface area contributed by atoms with Crippen molar-refractivity contribution in [2.75, 3.05) is 20.1 Å². The SMILES string of the molecule is CN(Cc1nc2ccsc2c(=O)[nH]1)C(=O)NCc1cccc(CN2CCCC2)c1. The number of thiophene rings is 1. The van der Waals surface area contributed by atoms with Gasteiger partial charge in [0.25, 0.3) is 5.56 Å². The lowest BCUT2D eigenvalue weighted by Gasteiger charge is -2.18. The highest BCUT2D eigenvalue weighted by Gasteiger charge is 2.14. The van der Waals surface area contributed by atoms with Crippen LogP contribution in [0.3, 0.4) is 0 Å². The van der Waals surface area contributed by atoms with Gasteiger partial charge in [0, 0.05) is 20.1 Å². The topological polar surface area (TPSA) is 81.3 Å². The number of likely N-dealkylation sites (tertiary alicyclic amines) is 1. The van der Waals surface area contributed by atoms with E-state index in [0.717, 1.165) is 12.1 Å². The molecule has 152 valence electrons. The molecule has 2 N–H and O–H groups in total. The summed E-state index contributed by atoms with van der Waals surface area (Å²) >= 11 is 1.36. The van der Waals surface area contributed by atoms with Crippen LogP contribution in [0.1, 0.15) is 29.8 Å². The molecule has 1 saturated heterocycles. The molecule has 3 heterocycles. The predicted octanol–water partition coefficient (Wildman–Crippen LogP) is 2.92. The third kappa shape index (κ3) is 4.83. The molecule has 4 rings (SSSR count). The summed E-state index contributed by atoms with van der Waals surface area (Å²) in [4.78, 5) is 35.7. The Morgan fingerprint density at radius 1 is 1.28 bits per heavy atom. The molecule has 7 nitrogen and oxygen atoms in total. The normalized spacial score (nSPS) is 14.4. The zero-order chi connectivity index (χ0) is 20.2. The first-order valence-corrected chi connectivity index (χ1v) is 10.7. The number of benzene rings is 1. The van der Waals surface area contributed by atoms with E-state index in [1.807, 2.05) is 23.6 Å². The molecule has 8 heteroatoms. The van der Waals surface area contributed by atoms with E-state index in [9.17, 15) is 9.59 Å². The van der Waals surface area contributed by atoms with Crippen LogP contribution < -0.4 is 10.9 Å². The van der Waals surface area contributed by atoms with E-state index < -0.39 is 0 Å². The van der Waals surface area contributed by atoms with Crippen molar-refractivity contribution < 1.29 is 4.79 Å². The number of carbonyl (C=O) groups is 1. The third-order valence-electron chi connectivity index (χ3n) is 5.14. The quantitative estimate of drug-likeness (QED) is 0.654. The second-order valence-corrected chi connectivity index (χ2v) is 8.38. The molecule has 0 aliphatic carbocycles.